The van der Waals surface area contributed by atoms with Crippen LogP contribution in [-0.4, -0.2) is 24.3 Å². The lowest BCUT2D eigenvalue weighted by Gasteiger charge is -2.17. The maximum atomic E-state index is 13.0. The van der Waals surface area contributed by atoms with Crippen molar-refractivity contribution in [2.24, 2.45) is 5.41 Å². The number of carbonyl (C=O) groups is 3. The number of nitrogens with one attached hydrogen (secondary N) is 1. The first-order chi connectivity index (χ1) is 12.6. The van der Waals surface area contributed by atoms with Crippen molar-refractivity contribution in [1.82, 2.24) is 5.32 Å². The van der Waals surface area contributed by atoms with E-state index in [1.165, 1.54) is 17.4 Å². The highest BCUT2D eigenvalue weighted by molar-refractivity contribution is 7.14. The van der Waals surface area contributed by atoms with Gasteiger partial charge < -0.3 is 10.1 Å². The molecule has 0 radical (unpaired) electrons. The fraction of sp³-hybridized carbons (Fsp3) is 0.316. The maximum Gasteiger partial charge on any atom is 0.340 e. The summed E-state index contributed by atoms with van der Waals surface area (Å²) in [5.41, 5.74) is -0.506. The first-order valence-electron chi connectivity index (χ1n) is 8.10. The van der Waals surface area contributed by atoms with E-state index < -0.39 is 23.8 Å². The van der Waals surface area contributed by atoms with Crippen molar-refractivity contribution < 1.29 is 23.5 Å². The van der Waals surface area contributed by atoms with Crippen LogP contribution in [0.5, 0.6) is 0 Å². The molecule has 5 nitrogen and oxygen atoms in total. The third-order valence-corrected chi connectivity index (χ3v) is 4.97. The summed E-state index contributed by atoms with van der Waals surface area (Å²) in [6, 6.07) is 6.63. The predicted octanol–water partition coefficient (Wildman–Crippen LogP) is 4.24. The molecule has 8 heteroatoms. The Balaban J connectivity index is 1.90. The van der Waals surface area contributed by atoms with Gasteiger partial charge >= 0.3 is 5.97 Å². The summed E-state index contributed by atoms with van der Waals surface area (Å²) in [6.07, 6.45) is 0. The molecule has 1 aromatic heterocycles. The predicted molar refractivity (Wildman–Crippen MR) is 102 cm³/mol. The highest BCUT2D eigenvalue weighted by Crippen LogP contribution is 2.20. The Labute approximate surface area is 165 Å². The number of rotatable bonds is 6. The molecule has 2 aromatic rings. The second-order valence-corrected chi connectivity index (χ2v) is 8.40. The normalized spacial score (nSPS) is 11.1. The third kappa shape index (κ3) is 5.87. The van der Waals surface area contributed by atoms with Crippen molar-refractivity contribution in [1.29, 1.82) is 0 Å². The summed E-state index contributed by atoms with van der Waals surface area (Å²) < 4.78 is 18.0. The molecule has 0 aliphatic carbocycles. The van der Waals surface area contributed by atoms with Gasteiger partial charge in [0.25, 0.3) is 0 Å². The van der Waals surface area contributed by atoms with Crippen LogP contribution in [0, 0.1) is 11.2 Å². The van der Waals surface area contributed by atoms with Crippen molar-refractivity contribution in [3.8, 4) is 0 Å². The third-order valence-electron chi connectivity index (χ3n) is 3.53. The van der Waals surface area contributed by atoms with E-state index in [0.717, 1.165) is 17.0 Å². The molecule has 1 aromatic carbocycles. The molecule has 2 rings (SSSR count). The van der Waals surface area contributed by atoms with E-state index in [-0.39, 0.29) is 22.3 Å². The van der Waals surface area contributed by atoms with Crippen molar-refractivity contribution >= 4 is 40.6 Å². The van der Waals surface area contributed by atoms with E-state index in [4.69, 9.17) is 16.3 Å². The number of halogens is 2. The molecule has 1 heterocycles. The number of esters is 1. The number of amides is 1. The van der Waals surface area contributed by atoms with Gasteiger partial charge in [-0.3, -0.25) is 9.59 Å². The van der Waals surface area contributed by atoms with E-state index in [1.54, 1.807) is 12.1 Å². The molecule has 0 bridgehead atoms. The molecule has 0 saturated carbocycles. The minimum Gasteiger partial charge on any atom is -0.454 e. The smallest absolute Gasteiger partial charge is 0.340 e. The Bertz CT molecular complexity index is 873. The van der Waals surface area contributed by atoms with Crippen molar-refractivity contribution in [3.05, 3.63) is 56.5 Å². The molecule has 0 saturated heterocycles. The van der Waals surface area contributed by atoms with Gasteiger partial charge in [0, 0.05) is 10.3 Å². The van der Waals surface area contributed by atoms with Gasteiger partial charge in [-0.15, -0.1) is 11.3 Å². The molecule has 0 atom stereocenters. The fourth-order valence-corrected chi connectivity index (χ4v) is 3.11. The van der Waals surface area contributed by atoms with Gasteiger partial charge in [-0.2, -0.15) is 0 Å². The summed E-state index contributed by atoms with van der Waals surface area (Å²) in [7, 11) is 0. The van der Waals surface area contributed by atoms with E-state index in [2.05, 4.69) is 5.32 Å². The van der Waals surface area contributed by atoms with Gasteiger partial charge in [-0.25, -0.2) is 9.18 Å². The molecule has 1 N–H and O–H groups in total. The Kier molecular flexibility index (Phi) is 6.73. The topological polar surface area (TPSA) is 72.5 Å². The Morgan fingerprint density at radius 1 is 1.19 bits per heavy atom. The number of benzene rings is 1. The highest BCUT2D eigenvalue weighted by Gasteiger charge is 2.21. The van der Waals surface area contributed by atoms with Crippen molar-refractivity contribution in [3.63, 3.8) is 0 Å². The lowest BCUT2D eigenvalue weighted by molar-refractivity contribution is -0.128. The molecular formula is C19H19ClFNO4S. The van der Waals surface area contributed by atoms with Crippen LogP contribution in [0.4, 0.5) is 4.39 Å². The van der Waals surface area contributed by atoms with Crippen molar-refractivity contribution in [2.75, 3.05) is 6.61 Å². The standard InChI is InChI=1S/C19H19ClFNO4S/c1-19(2,3)18(25)22-9-12-5-7-16(27-12)15(23)10-26-17(24)13-6-4-11(21)8-14(13)20/h4-8H,9-10H2,1-3H3,(H,22,25). The lowest BCUT2D eigenvalue weighted by atomic mass is 9.96. The molecule has 144 valence electrons. The van der Waals surface area contributed by atoms with Crippen LogP contribution in [0.3, 0.4) is 0 Å². The van der Waals surface area contributed by atoms with E-state index in [1.807, 2.05) is 20.8 Å². The minimum absolute atomic E-state index is 0.0115. The first-order valence-corrected chi connectivity index (χ1v) is 9.30. The number of carbonyl (C=O) groups excluding carboxylic acids is 3. The summed E-state index contributed by atoms with van der Waals surface area (Å²) in [5, 5.41) is 2.72. The number of ether oxygens (including phenoxy) is 1. The van der Waals surface area contributed by atoms with Gasteiger partial charge in [0.15, 0.2) is 6.61 Å². The second-order valence-electron chi connectivity index (χ2n) is 6.82. The number of hydrogen-bond acceptors (Lipinski definition) is 5. The SMILES string of the molecule is CC(C)(C)C(=O)NCc1ccc(C(=O)COC(=O)c2ccc(F)cc2Cl)s1. The number of Topliss-reactive ketones (excluding diaryl/α,β-unsaturated/α-hetero) is 1. The molecule has 27 heavy (non-hydrogen) atoms. The van der Waals surface area contributed by atoms with Crippen LogP contribution in [-0.2, 0) is 16.1 Å². The Morgan fingerprint density at radius 2 is 1.89 bits per heavy atom. The first kappa shape index (κ1) is 21.1. The van der Waals surface area contributed by atoms with Crippen LogP contribution in [0.1, 0.15) is 45.7 Å². The van der Waals surface area contributed by atoms with Gasteiger partial charge in [0.2, 0.25) is 11.7 Å². The van der Waals surface area contributed by atoms with E-state index in [0.29, 0.717) is 11.4 Å². The van der Waals surface area contributed by atoms with Crippen molar-refractivity contribution in [2.45, 2.75) is 27.3 Å². The van der Waals surface area contributed by atoms with E-state index in [9.17, 15) is 18.8 Å². The van der Waals surface area contributed by atoms with Crippen LogP contribution >= 0.6 is 22.9 Å². The monoisotopic (exact) mass is 411 g/mol. The summed E-state index contributed by atoms with van der Waals surface area (Å²) >= 11 is 7.01. The Morgan fingerprint density at radius 3 is 2.52 bits per heavy atom. The molecular weight excluding hydrogens is 393 g/mol. The number of hydrogen-bond donors (Lipinski definition) is 1. The zero-order valence-electron chi connectivity index (χ0n) is 15.1. The molecule has 0 aliphatic rings. The Hall–Kier alpha value is -2.25. The maximum absolute atomic E-state index is 13.0. The zero-order chi connectivity index (χ0) is 20.2. The average Bonchev–Trinajstić information content (AvgIpc) is 3.05. The molecule has 1 amide bonds. The molecule has 0 fully saturated rings. The van der Waals surface area contributed by atoms with Gasteiger partial charge in [0.05, 0.1) is 22.0 Å². The quantitative estimate of drug-likeness (QED) is 0.570. The average molecular weight is 412 g/mol. The fourth-order valence-electron chi connectivity index (χ4n) is 1.99. The molecule has 0 spiro atoms. The number of thiophene rings is 1. The largest absolute Gasteiger partial charge is 0.454 e. The van der Waals surface area contributed by atoms with Crippen LogP contribution < -0.4 is 5.32 Å². The lowest BCUT2D eigenvalue weighted by Crippen LogP contribution is -2.34. The van der Waals surface area contributed by atoms with E-state index >= 15 is 0 Å². The van der Waals surface area contributed by atoms with Crippen LogP contribution in [0.15, 0.2) is 30.3 Å². The summed E-state index contributed by atoms with van der Waals surface area (Å²) in [4.78, 5) is 37.2. The minimum atomic E-state index is -0.803. The van der Waals surface area contributed by atoms with Crippen LogP contribution in [0.25, 0.3) is 0 Å². The van der Waals surface area contributed by atoms with Crippen LogP contribution in [0.2, 0.25) is 5.02 Å². The molecule has 0 aliphatic heterocycles. The highest BCUT2D eigenvalue weighted by atomic mass is 35.5. The second kappa shape index (κ2) is 8.63. The van der Waals surface area contributed by atoms with Gasteiger partial charge in [0.1, 0.15) is 5.82 Å². The molecule has 0 unspecified atom stereocenters. The summed E-state index contributed by atoms with van der Waals surface area (Å²) in [5.74, 6) is -1.84. The van der Waals surface area contributed by atoms with Gasteiger partial charge in [-0.1, -0.05) is 32.4 Å². The zero-order valence-corrected chi connectivity index (χ0v) is 16.7. The summed E-state index contributed by atoms with van der Waals surface area (Å²) in [6.45, 7) is 5.30. The number of ketones is 1. The van der Waals surface area contributed by atoms with Gasteiger partial charge in [-0.05, 0) is 30.3 Å².